The van der Waals surface area contributed by atoms with Crippen LogP contribution >= 0.6 is 0 Å². The molecule has 1 spiro atoms. The quantitative estimate of drug-likeness (QED) is 0.0105. The number of isothiocyanates is 1. The van der Waals surface area contributed by atoms with Gasteiger partial charge >= 0.3 is 23.9 Å². The van der Waals surface area contributed by atoms with E-state index in [4.69, 9.17) is 9.47 Å². The summed E-state index contributed by atoms with van der Waals surface area (Å²) in [5.74, 6) is -10.9. The molecule has 134 heavy (non-hydrogen) atoms. The van der Waals surface area contributed by atoms with E-state index in [1.54, 1.807) is 78.5 Å². The summed E-state index contributed by atoms with van der Waals surface area (Å²) in [4.78, 5) is 218. The number of phenols is 2. The summed E-state index contributed by atoms with van der Waals surface area (Å²) < 4.78 is 17.0. The molecule has 0 aliphatic carbocycles. The number of carbonyl (C=O) groups is 15. The van der Waals surface area contributed by atoms with E-state index in [0.717, 1.165) is 57.7 Å². The second kappa shape index (κ2) is 53.7. The standard InChI is InChI=1S/C95H140N16O22S/c1-11-63(10)85(93(130)111-39-24-27-75(111)90(127)101-73(50-60(4)5)88(125)102-83(61(6)7)91(128)103-84(62(8)9)92(129)110-38-23-26-74(110)89(126)100-72(49-59(2)3)86(123)98-36-20-17-15-13-12-14-16-18-22-48-112)104-87(124)71(105-134-58-99-64-28-31-68-67(51-64)94(131)133-95(68)69-32-29-65(113)52-76(69)132-77-53-66(114)30-33-70(77)95)25-19-21-35-96-78(115)34-37-97-79(116)54-106-40-42-107(55-80(117)118)44-46-109(57-82(121)122)47-45-108(43-41-106)56-81(119)120/h28-33,48,51-53,59-63,71-75,83-85,113-114H,11-27,34-47,49-50,54-57H2,1-10H3,(H,96,115)(H,97,116)(H,98,123)(H,100,126)(H,101,127)(H,102,125)(H,103,128)(H,104,124)(H,117,118)(H,119,120)(H,121,122). The van der Waals surface area contributed by atoms with Crippen LogP contribution in [0.1, 0.15) is 225 Å². The largest absolute Gasteiger partial charge is 0.508 e. The topological polar surface area (TPSA) is 516 Å². The fraction of sp³-hybridized carbons (Fsp3) is 0.642. The van der Waals surface area contributed by atoms with E-state index in [-0.39, 0.29) is 189 Å². The SMILES string of the molecule is CCC(C)C(NC(=O)C(CCCCNC(=O)CCNC(=O)CN1CCN(CC(=O)O)CCN(CC(=O)O)CCN(CC(=O)O)CC1)N=S=C=Nc1ccc2c(c1)C(=O)OC21c2ccc(O)cc2Oc2cc(O)ccc21)C(=O)N1CCCC1C(=O)NC(CC(C)C)C(=O)NC(C(=O)NC(C(=O)N1CCCC1C(=O)NC(CC(C)C)C(=O)NCCCCCCCCCCC=O)C(C)C)C(C)C. The molecule has 738 valence electrons. The molecule has 10 amide bonds. The van der Waals surface area contributed by atoms with E-state index in [9.17, 15) is 92.7 Å². The van der Waals surface area contributed by atoms with Gasteiger partial charge in [0, 0.05) is 138 Å². The highest BCUT2D eigenvalue weighted by atomic mass is 32.1. The number of hydrogen-bond donors (Lipinski definition) is 13. The van der Waals surface area contributed by atoms with Crippen LogP contribution in [0.2, 0.25) is 0 Å². The van der Waals surface area contributed by atoms with Gasteiger partial charge in [0.05, 0.1) is 42.6 Å². The van der Waals surface area contributed by atoms with Crippen molar-refractivity contribution in [1.29, 1.82) is 0 Å². The Hall–Kier alpha value is -11.2. The van der Waals surface area contributed by atoms with Crippen LogP contribution in [-0.2, 0) is 88.6 Å². The first kappa shape index (κ1) is 108. The van der Waals surface area contributed by atoms with Crippen LogP contribution in [0, 0.1) is 29.6 Å². The lowest BCUT2D eigenvalue weighted by molar-refractivity contribution is -0.144. The number of carbonyl (C=O) groups excluding carboxylic acids is 12. The molecule has 38 nitrogen and oxygen atoms in total. The second-order valence-electron chi connectivity index (χ2n) is 37.1. The molecule has 3 aromatic carbocycles. The predicted octanol–water partition coefficient (Wildman–Crippen LogP) is 5.79. The van der Waals surface area contributed by atoms with Crippen molar-refractivity contribution in [1.82, 2.24) is 71.9 Å². The number of benzene rings is 3. The number of carboxylic acids is 3. The number of amides is 10. The third kappa shape index (κ3) is 32.5. The fourth-order valence-corrected chi connectivity index (χ4v) is 17.9. The molecule has 3 aromatic rings. The highest BCUT2D eigenvalue weighted by Crippen LogP contribution is 2.57. The van der Waals surface area contributed by atoms with E-state index < -0.39 is 149 Å². The van der Waals surface area contributed by atoms with E-state index >= 15 is 4.79 Å². The van der Waals surface area contributed by atoms with Crippen LogP contribution in [0.4, 0.5) is 5.69 Å². The molecule has 5 heterocycles. The Morgan fingerprint density at radius 3 is 1.46 bits per heavy atom. The molecule has 5 aliphatic rings. The predicted molar refractivity (Wildman–Crippen MR) is 500 cm³/mol. The van der Waals surface area contributed by atoms with Crippen molar-refractivity contribution in [3.8, 4) is 23.0 Å². The second-order valence-corrected chi connectivity index (χ2v) is 37.7. The number of phenolic OH excluding ortho intramolecular Hbond substituents is 2. The van der Waals surface area contributed by atoms with Gasteiger partial charge in [-0.2, -0.15) is 4.99 Å². The summed E-state index contributed by atoms with van der Waals surface area (Å²) in [5, 5.41) is 75.8. The first-order valence-corrected chi connectivity index (χ1v) is 48.2. The molecule has 39 heteroatoms. The van der Waals surface area contributed by atoms with E-state index in [0.29, 0.717) is 79.3 Å². The molecule has 13 N–H and O–H groups in total. The van der Waals surface area contributed by atoms with E-state index in [2.05, 4.69) is 57.1 Å². The lowest BCUT2D eigenvalue weighted by Gasteiger charge is -2.36. The van der Waals surface area contributed by atoms with Crippen LogP contribution in [0.15, 0.2) is 64.0 Å². The number of carboxylic acid groups (broad SMARTS) is 3. The third-order valence-electron chi connectivity index (χ3n) is 24.9. The minimum atomic E-state index is -1.55. The van der Waals surface area contributed by atoms with Gasteiger partial charge < -0.3 is 92.1 Å². The number of aliphatic carboxylic acids is 3. The number of esters is 1. The summed E-state index contributed by atoms with van der Waals surface area (Å²) >= 11 is 0.693. The van der Waals surface area contributed by atoms with E-state index in [1.165, 1.54) is 40.1 Å². The van der Waals surface area contributed by atoms with Crippen LogP contribution in [0.25, 0.3) is 0 Å². The molecule has 0 bridgehead atoms. The highest BCUT2D eigenvalue weighted by molar-refractivity contribution is 7.66. The average Bonchev–Trinajstić information content (AvgIpc) is 1.50. The maximum Gasteiger partial charge on any atom is 0.340 e. The lowest BCUT2D eigenvalue weighted by atomic mass is 9.77. The number of nitrogens with one attached hydrogen (secondary N) is 8. The van der Waals surface area contributed by atoms with Gasteiger partial charge in [0.15, 0.2) is 5.60 Å². The first-order chi connectivity index (χ1) is 63.9. The Morgan fingerprint density at radius 1 is 0.507 bits per heavy atom. The highest BCUT2D eigenvalue weighted by Gasteiger charge is 2.54. The summed E-state index contributed by atoms with van der Waals surface area (Å²) in [6.45, 7) is 19.5. The number of aromatic hydroxyl groups is 2. The number of unbranched alkanes of at least 4 members (excludes halogenated alkanes) is 9. The van der Waals surface area contributed by atoms with Gasteiger partial charge in [0.1, 0.15) is 77.6 Å². The Morgan fingerprint density at radius 2 is 0.963 bits per heavy atom. The molecule has 9 unspecified atom stereocenters. The zero-order valence-corrected chi connectivity index (χ0v) is 79.9. The first-order valence-electron chi connectivity index (χ1n) is 47.4. The van der Waals surface area contributed by atoms with Crippen molar-refractivity contribution < 1.29 is 107 Å². The fourth-order valence-electron chi connectivity index (χ4n) is 17.4. The third-order valence-corrected chi connectivity index (χ3v) is 25.4. The number of aldehydes is 1. The number of ether oxygens (including phenoxy) is 2. The Labute approximate surface area is 787 Å². The minimum Gasteiger partial charge on any atom is -0.508 e. The normalized spacial score (nSPS) is 17.9. The number of likely N-dealkylation sites (tertiary alicyclic amines) is 2. The summed E-state index contributed by atoms with van der Waals surface area (Å²) in [5.41, 5.74) is 0.0699. The summed E-state index contributed by atoms with van der Waals surface area (Å²) in [7, 11) is 0. The van der Waals surface area contributed by atoms with Crippen molar-refractivity contribution in [3.05, 3.63) is 76.9 Å². The Bertz CT molecular complexity index is 4610. The maximum atomic E-state index is 15.2. The lowest BCUT2D eigenvalue weighted by Crippen LogP contribution is -2.61. The molecule has 5 aliphatic heterocycles. The molecular formula is C95H140N16O22S. The molecule has 9 atom stereocenters. The van der Waals surface area contributed by atoms with Gasteiger partial charge in [-0.25, -0.2) is 9.16 Å². The summed E-state index contributed by atoms with van der Waals surface area (Å²) in [6, 6.07) is 4.68. The maximum absolute atomic E-state index is 15.2. The number of fused-ring (bicyclic) bond motifs is 6. The average molecular weight is 1890 g/mol. The molecule has 0 aromatic heterocycles. The van der Waals surface area contributed by atoms with Crippen LogP contribution in [-0.4, -0.2) is 309 Å². The number of hydrogen-bond acceptors (Lipinski definition) is 25. The Balaban J connectivity index is 0.929. The van der Waals surface area contributed by atoms with Crippen molar-refractivity contribution in [3.63, 3.8) is 0 Å². The smallest absolute Gasteiger partial charge is 0.340 e. The van der Waals surface area contributed by atoms with Gasteiger partial charge in [-0.05, 0) is 137 Å². The monoisotopic (exact) mass is 1890 g/mol. The number of rotatable bonds is 50. The molecule has 3 fully saturated rings. The van der Waals surface area contributed by atoms with Crippen molar-refractivity contribution >= 4 is 111 Å². The number of aliphatic imine (C=N–C) groups is 1. The molecule has 0 saturated carbocycles. The number of nitrogens with zero attached hydrogens (tertiary/aromatic N) is 8. The Kier molecular flexibility index (Phi) is 43.3. The van der Waals surface area contributed by atoms with Crippen LogP contribution < -0.4 is 47.3 Å². The zero-order chi connectivity index (χ0) is 97.9. The summed E-state index contributed by atoms with van der Waals surface area (Å²) in [6.07, 6.45) is 12.3. The van der Waals surface area contributed by atoms with Crippen molar-refractivity contribution in [2.45, 2.75) is 252 Å². The van der Waals surface area contributed by atoms with Gasteiger partial charge in [0.25, 0.3) is 0 Å². The van der Waals surface area contributed by atoms with Crippen molar-refractivity contribution in [2.75, 3.05) is 111 Å². The molecule has 0 radical (unpaired) electrons. The zero-order valence-electron chi connectivity index (χ0n) is 79.1. The van der Waals surface area contributed by atoms with Crippen molar-refractivity contribution in [2.24, 2.45) is 38.9 Å². The van der Waals surface area contributed by atoms with Gasteiger partial charge in [-0.3, -0.25) is 81.9 Å². The van der Waals surface area contributed by atoms with Crippen LogP contribution in [0.3, 0.4) is 0 Å². The molecule has 8 rings (SSSR count). The van der Waals surface area contributed by atoms with E-state index in [1.807, 2.05) is 34.6 Å². The minimum absolute atomic E-state index is 0.0495. The van der Waals surface area contributed by atoms with Gasteiger partial charge in [-0.1, -0.05) is 120 Å². The van der Waals surface area contributed by atoms with Crippen LogP contribution in [0.5, 0.6) is 23.0 Å². The van der Waals surface area contributed by atoms with Gasteiger partial charge in [0.2, 0.25) is 59.1 Å². The van der Waals surface area contributed by atoms with Gasteiger partial charge in [-0.15, -0.1) is 0 Å². The molecule has 3 saturated heterocycles. The molecular weight excluding hydrogens is 1750 g/mol.